The number of hydrogen-bond acceptors (Lipinski definition) is 6. The molecule has 4 rings (SSSR count). The summed E-state index contributed by atoms with van der Waals surface area (Å²) in [5, 5.41) is 9.98. The van der Waals surface area contributed by atoms with Crippen molar-refractivity contribution >= 4 is 17.3 Å². The number of furan rings is 1. The zero-order valence-corrected chi connectivity index (χ0v) is 18.6. The lowest BCUT2D eigenvalue weighted by Gasteiger charge is -2.14. The first-order valence-electron chi connectivity index (χ1n) is 10.4. The van der Waals surface area contributed by atoms with Crippen molar-refractivity contribution in [2.45, 2.75) is 20.4 Å². The van der Waals surface area contributed by atoms with Crippen LogP contribution in [0.15, 0.2) is 76.3 Å². The van der Waals surface area contributed by atoms with Gasteiger partial charge in [0.1, 0.15) is 11.5 Å². The van der Waals surface area contributed by atoms with Gasteiger partial charge in [-0.2, -0.15) is 5.10 Å². The molecule has 8 nitrogen and oxygen atoms in total. The van der Waals surface area contributed by atoms with E-state index in [1.165, 1.54) is 10.9 Å². The van der Waals surface area contributed by atoms with E-state index in [4.69, 9.17) is 9.15 Å². The third kappa shape index (κ3) is 5.12. The number of benzene rings is 2. The Balaban J connectivity index is 1.52. The Labute approximate surface area is 190 Å². The average Bonchev–Trinajstić information content (AvgIpc) is 3.34. The fourth-order valence-corrected chi connectivity index (χ4v) is 3.15. The lowest BCUT2D eigenvalue weighted by atomic mass is 10.1. The Morgan fingerprint density at radius 1 is 1.09 bits per heavy atom. The van der Waals surface area contributed by atoms with Crippen LogP contribution < -0.4 is 20.9 Å². The van der Waals surface area contributed by atoms with Gasteiger partial charge in [0, 0.05) is 18.3 Å². The summed E-state index contributed by atoms with van der Waals surface area (Å²) in [6.07, 6.45) is 3.05. The topological polar surface area (TPSA) is 98.4 Å². The summed E-state index contributed by atoms with van der Waals surface area (Å²) in [7, 11) is 1.57. The van der Waals surface area contributed by atoms with Gasteiger partial charge in [-0.25, -0.2) is 4.68 Å². The molecule has 8 heteroatoms. The van der Waals surface area contributed by atoms with Crippen molar-refractivity contribution in [2.24, 2.45) is 7.05 Å². The lowest BCUT2D eigenvalue weighted by molar-refractivity contribution is 0.0948. The summed E-state index contributed by atoms with van der Waals surface area (Å²) in [6, 6.07) is 16.1. The summed E-state index contributed by atoms with van der Waals surface area (Å²) < 4.78 is 12.4. The van der Waals surface area contributed by atoms with Gasteiger partial charge in [0.25, 0.3) is 11.5 Å². The second-order valence-corrected chi connectivity index (χ2v) is 7.63. The van der Waals surface area contributed by atoms with E-state index in [9.17, 15) is 9.59 Å². The van der Waals surface area contributed by atoms with Gasteiger partial charge in [0.15, 0.2) is 11.4 Å². The molecule has 0 bridgehead atoms. The number of nitrogens with zero attached hydrogens (tertiary/aromatic N) is 2. The molecule has 0 saturated heterocycles. The number of aryl methyl sites for hydroxylation is 3. The zero-order valence-electron chi connectivity index (χ0n) is 18.6. The van der Waals surface area contributed by atoms with Crippen molar-refractivity contribution in [3.05, 3.63) is 99.9 Å². The van der Waals surface area contributed by atoms with Crippen LogP contribution in [-0.2, 0) is 13.6 Å². The standard InChI is InChI=1S/C25H24N4O4/c1-16-6-11-20(13-17(16)2)33-22-15-27-29(3)25(31)23(22)28-19-9-7-18(8-10-19)24(30)26-14-21-5-4-12-32-21/h4-13,15,28H,14H2,1-3H3,(H,26,30). The molecule has 2 aromatic carbocycles. The number of amides is 1. The van der Waals surface area contributed by atoms with Gasteiger partial charge < -0.3 is 19.8 Å². The smallest absolute Gasteiger partial charge is 0.294 e. The number of carbonyl (C=O) groups is 1. The number of aromatic nitrogens is 2. The molecule has 0 spiro atoms. The number of ether oxygens (including phenoxy) is 1. The molecule has 0 fully saturated rings. The van der Waals surface area contributed by atoms with E-state index >= 15 is 0 Å². The predicted molar refractivity (Wildman–Crippen MR) is 125 cm³/mol. The summed E-state index contributed by atoms with van der Waals surface area (Å²) >= 11 is 0. The third-order valence-electron chi connectivity index (χ3n) is 5.23. The van der Waals surface area contributed by atoms with Gasteiger partial charge in [-0.05, 0) is 73.5 Å². The van der Waals surface area contributed by atoms with E-state index in [0.717, 1.165) is 11.1 Å². The van der Waals surface area contributed by atoms with Gasteiger partial charge >= 0.3 is 0 Å². The molecule has 4 aromatic rings. The molecule has 0 aliphatic carbocycles. The molecule has 1 amide bonds. The van der Waals surface area contributed by atoms with Crippen molar-refractivity contribution in [2.75, 3.05) is 5.32 Å². The normalized spacial score (nSPS) is 10.6. The van der Waals surface area contributed by atoms with Gasteiger partial charge in [-0.3, -0.25) is 9.59 Å². The second kappa shape index (κ2) is 9.44. The average molecular weight is 444 g/mol. The Bertz CT molecular complexity index is 1330. The number of rotatable bonds is 7. The number of hydrogen-bond donors (Lipinski definition) is 2. The Morgan fingerprint density at radius 3 is 2.58 bits per heavy atom. The van der Waals surface area contributed by atoms with Crippen LogP contribution in [0.5, 0.6) is 11.5 Å². The molecule has 2 heterocycles. The first kappa shape index (κ1) is 21.9. The first-order chi connectivity index (χ1) is 15.9. The molecule has 2 N–H and O–H groups in total. The van der Waals surface area contributed by atoms with Crippen LogP contribution in [0.2, 0.25) is 0 Å². The SMILES string of the molecule is Cc1ccc(Oc2cnn(C)c(=O)c2Nc2ccc(C(=O)NCc3ccco3)cc2)cc1C. The molecule has 0 unspecified atom stereocenters. The van der Waals surface area contributed by atoms with Gasteiger partial charge in [-0.1, -0.05) is 6.07 Å². The highest BCUT2D eigenvalue weighted by Gasteiger charge is 2.14. The summed E-state index contributed by atoms with van der Waals surface area (Å²) in [6.45, 7) is 4.32. The molecule has 0 saturated carbocycles. The van der Waals surface area contributed by atoms with Gasteiger partial charge in [0.05, 0.1) is 19.0 Å². The highest BCUT2D eigenvalue weighted by Crippen LogP contribution is 2.29. The summed E-state index contributed by atoms with van der Waals surface area (Å²) in [5.74, 6) is 1.37. The van der Waals surface area contributed by atoms with Crippen LogP contribution in [0.3, 0.4) is 0 Å². The maximum Gasteiger partial charge on any atom is 0.294 e. The van der Waals surface area contributed by atoms with Crippen molar-refractivity contribution in [3.63, 3.8) is 0 Å². The van der Waals surface area contributed by atoms with Gasteiger partial charge in [-0.15, -0.1) is 0 Å². The van der Waals surface area contributed by atoms with E-state index in [-0.39, 0.29) is 17.2 Å². The molecule has 0 radical (unpaired) electrons. The monoisotopic (exact) mass is 444 g/mol. The van der Waals surface area contributed by atoms with E-state index < -0.39 is 0 Å². The Morgan fingerprint density at radius 2 is 1.88 bits per heavy atom. The molecular weight excluding hydrogens is 420 g/mol. The molecule has 168 valence electrons. The minimum Gasteiger partial charge on any atom is -0.467 e. The molecule has 0 aliphatic rings. The summed E-state index contributed by atoms with van der Waals surface area (Å²) in [4.78, 5) is 25.1. The van der Waals surface area contributed by atoms with Crippen molar-refractivity contribution < 1.29 is 13.9 Å². The van der Waals surface area contributed by atoms with Crippen molar-refractivity contribution in [3.8, 4) is 11.5 Å². The molecule has 0 aliphatic heterocycles. The van der Waals surface area contributed by atoms with Crippen LogP contribution in [0, 0.1) is 13.8 Å². The number of carbonyl (C=O) groups excluding carboxylic acids is 1. The zero-order chi connectivity index (χ0) is 23.4. The summed E-state index contributed by atoms with van der Waals surface area (Å²) in [5.41, 5.74) is 3.26. The van der Waals surface area contributed by atoms with Crippen LogP contribution in [0.25, 0.3) is 0 Å². The fraction of sp³-hybridized carbons (Fsp3) is 0.160. The second-order valence-electron chi connectivity index (χ2n) is 7.63. The highest BCUT2D eigenvalue weighted by atomic mass is 16.5. The number of anilines is 2. The van der Waals surface area contributed by atoms with E-state index in [2.05, 4.69) is 15.7 Å². The Hall–Kier alpha value is -4.33. The third-order valence-corrected chi connectivity index (χ3v) is 5.23. The van der Waals surface area contributed by atoms with Crippen molar-refractivity contribution in [1.82, 2.24) is 15.1 Å². The maximum absolute atomic E-state index is 12.8. The minimum absolute atomic E-state index is 0.225. The molecule has 0 atom stereocenters. The quantitative estimate of drug-likeness (QED) is 0.437. The van der Waals surface area contributed by atoms with E-state index in [1.54, 1.807) is 49.7 Å². The fourth-order valence-electron chi connectivity index (χ4n) is 3.15. The van der Waals surface area contributed by atoms with E-state index in [0.29, 0.717) is 35.1 Å². The number of nitrogens with one attached hydrogen (secondary N) is 2. The molecular formula is C25H24N4O4. The first-order valence-corrected chi connectivity index (χ1v) is 10.4. The van der Waals surface area contributed by atoms with Crippen molar-refractivity contribution in [1.29, 1.82) is 0 Å². The molecule has 33 heavy (non-hydrogen) atoms. The molecule has 2 aromatic heterocycles. The van der Waals surface area contributed by atoms with Crippen LogP contribution in [0.1, 0.15) is 27.2 Å². The largest absolute Gasteiger partial charge is 0.467 e. The van der Waals surface area contributed by atoms with Crippen LogP contribution in [0.4, 0.5) is 11.4 Å². The van der Waals surface area contributed by atoms with Gasteiger partial charge in [0.2, 0.25) is 0 Å². The van der Waals surface area contributed by atoms with Crippen LogP contribution >= 0.6 is 0 Å². The lowest BCUT2D eigenvalue weighted by Crippen LogP contribution is -2.23. The predicted octanol–water partition coefficient (Wildman–Crippen LogP) is 4.46. The van der Waals surface area contributed by atoms with Crippen LogP contribution in [-0.4, -0.2) is 15.7 Å². The minimum atomic E-state index is -0.336. The van der Waals surface area contributed by atoms with E-state index in [1.807, 2.05) is 32.0 Å². The maximum atomic E-state index is 12.8. The highest BCUT2D eigenvalue weighted by molar-refractivity contribution is 5.94. The Kier molecular flexibility index (Phi) is 6.26.